The van der Waals surface area contributed by atoms with Crippen LogP contribution in [0.5, 0.6) is 0 Å². The molecular weight excluding hydrogens is 519 g/mol. The summed E-state index contributed by atoms with van der Waals surface area (Å²) >= 11 is 0. The van der Waals surface area contributed by atoms with Crippen LogP contribution in [-0.2, 0) is 23.0 Å². The summed E-state index contributed by atoms with van der Waals surface area (Å²) in [6.45, 7) is 4.12. The van der Waals surface area contributed by atoms with Crippen LogP contribution in [0.25, 0.3) is 0 Å². The maximum absolute atomic E-state index is 10.4. The van der Waals surface area contributed by atoms with Crippen molar-refractivity contribution in [2.24, 2.45) is 0 Å². The second kappa shape index (κ2) is 14.0. The smallest absolute Gasteiger partial charge is 0.673 e. The molecule has 0 spiro atoms. The molecule has 2 heterocycles. The van der Waals surface area contributed by atoms with Gasteiger partial charge in [-0.3, -0.25) is 0 Å². The zero-order valence-corrected chi connectivity index (χ0v) is 22.3. The Balaban J connectivity index is 0.000000184. The van der Waals surface area contributed by atoms with Crippen molar-refractivity contribution < 1.29 is 39.4 Å². The molecule has 2 aliphatic heterocycles. The number of halogens is 4. The van der Waals surface area contributed by atoms with E-state index in [1.54, 1.807) is 12.1 Å². The number of fused-ring (bicyclic) bond motifs is 2. The van der Waals surface area contributed by atoms with Crippen LogP contribution in [0.3, 0.4) is 0 Å². The third-order valence-corrected chi connectivity index (χ3v) is 6.46. The summed E-state index contributed by atoms with van der Waals surface area (Å²) in [5.41, 5.74) is 6.64. The van der Waals surface area contributed by atoms with Gasteiger partial charge >= 0.3 is 7.25 Å². The summed E-state index contributed by atoms with van der Waals surface area (Å²) < 4.78 is 74.6. The molecule has 11 heteroatoms. The third kappa shape index (κ3) is 11.8. The van der Waals surface area contributed by atoms with Gasteiger partial charge < -0.3 is 21.8 Å². The Morgan fingerprint density at radius 1 is 0.711 bits per heavy atom. The maximum Gasteiger partial charge on any atom is 0.673 e. The molecule has 0 N–H and O–H groups in total. The van der Waals surface area contributed by atoms with Gasteiger partial charge in [-0.25, -0.2) is 17.6 Å². The van der Waals surface area contributed by atoms with E-state index in [-0.39, 0.29) is 4.90 Å². The van der Waals surface area contributed by atoms with Crippen molar-refractivity contribution >= 4 is 29.8 Å². The molecule has 0 aliphatic carbocycles. The Morgan fingerprint density at radius 2 is 1.08 bits per heavy atom. The first-order chi connectivity index (χ1) is 17.7. The van der Waals surface area contributed by atoms with E-state index in [0.717, 1.165) is 18.7 Å². The van der Waals surface area contributed by atoms with Crippen molar-refractivity contribution in [1.29, 1.82) is 0 Å². The standard InChI is InChI=1S/2C10H12N.C7H8O3S.BF4/c2*1-11-7-6-9-4-2-3-5-10(9)8-11;1-6-2-4-7(5-3-6)11(8,9)10;2-1(3,4)5/h2*2-5,8H,6-7H2,1H3;2-5H,1H3,(H,8,9,10);/q2*+1;;-1/p-1. The van der Waals surface area contributed by atoms with Gasteiger partial charge in [-0.05, 0) is 42.3 Å². The summed E-state index contributed by atoms with van der Waals surface area (Å²) in [7, 11) is -6.03. The van der Waals surface area contributed by atoms with E-state index in [0.29, 0.717) is 0 Å². The number of hydrogen-bond acceptors (Lipinski definition) is 3. The highest BCUT2D eigenvalue weighted by molar-refractivity contribution is 7.85. The molecule has 2 aliphatic rings. The Bertz CT molecular complexity index is 1300. The lowest BCUT2D eigenvalue weighted by Gasteiger charge is -2.08. The minimum atomic E-state index is -6.00. The fraction of sp³-hybridized carbons (Fsp3) is 0.259. The lowest BCUT2D eigenvalue weighted by Crippen LogP contribution is -2.18. The van der Waals surface area contributed by atoms with E-state index < -0.39 is 17.4 Å². The van der Waals surface area contributed by atoms with E-state index >= 15 is 0 Å². The fourth-order valence-corrected chi connectivity index (χ4v) is 4.15. The average Bonchev–Trinajstić information content (AvgIpc) is 2.83. The minimum Gasteiger partial charge on any atom is -0.744 e. The number of nitrogens with zero attached hydrogens (tertiary/aromatic N) is 2. The van der Waals surface area contributed by atoms with Gasteiger partial charge in [0.15, 0.2) is 12.4 Å². The Hall–Kier alpha value is -3.31. The SMILES string of the molecule is C[N+]1=Cc2ccccc2CC1.C[N+]1=Cc2ccccc2CC1.Cc1ccc(S(=O)(=O)[O-])cc1.F[B-](F)(F)F. The highest BCUT2D eigenvalue weighted by Gasteiger charge is 2.20. The summed E-state index contributed by atoms with van der Waals surface area (Å²) in [4.78, 5) is -0.178. The molecule has 5 rings (SSSR count). The second-order valence-electron chi connectivity index (χ2n) is 8.88. The van der Waals surface area contributed by atoms with Crippen LogP contribution in [-0.4, -0.2) is 69.0 Å². The summed E-state index contributed by atoms with van der Waals surface area (Å²) in [5.74, 6) is 0. The normalized spacial score (nSPS) is 13.9. The van der Waals surface area contributed by atoms with Crippen molar-refractivity contribution in [3.05, 3.63) is 101 Å². The molecule has 38 heavy (non-hydrogen) atoms. The zero-order valence-electron chi connectivity index (χ0n) is 21.5. The molecule has 0 aromatic heterocycles. The second-order valence-corrected chi connectivity index (χ2v) is 10.3. The van der Waals surface area contributed by atoms with Crippen LogP contribution in [0.15, 0.2) is 77.7 Å². The minimum absolute atomic E-state index is 0.178. The predicted octanol–water partition coefficient (Wildman–Crippen LogP) is 4.81. The quantitative estimate of drug-likeness (QED) is 0.189. The van der Waals surface area contributed by atoms with Gasteiger partial charge in [0, 0.05) is 24.0 Å². The van der Waals surface area contributed by atoms with Crippen molar-refractivity contribution in [2.45, 2.75) is 24.7 Å². The van der Waals surface area contributed by atoms with Gasteiger partial charge in [0.1, 0.15) is 37.3 Å². The van der Waals surface area contributed by atoms with Gasteiger partial charge in [0.25, 0.3) is 0 Å². The van der Waals surface area contributed by atoms with Crippen LogP contribution in [0, 0.1) is 6.92 Å². The topological polar surface area (TPSA) is 63.2 Å². The molecule has 204 valence electrons. The Kier molecular flexibility index (Phi) is 11.4. The monoisotopic (exact) mass is 550 g/mol. The van der Waals surface area contributed by atoms with Crippen molar-refractivity contribution in [2.75, 3.05) is 27.2 Å². The molecule has 5 nitrogen and oxygen atoms in total. The van der Waals surface area contributed by atoms with Crippen LogP contribution in [0.1, 0.15) is 27.8 Å². The van der Waals surface area contributed by atoms with Gasteiger partial charge in [-0.1, -0.05) is 54.1 Å². The van der Waals surface area contributed by atoms with Crippen molar-refractivity contribution in [3.8, 4) is 0 Å². The van der Waals surface area contributed by atoms with E-state index in [4.69, 9.17) is 0 Å². The van der Waals surface area contributed by atoms with Gasteiger partial charge in [0.05, 0.1) is 4.90 Å². The molecule has 3 aromatic carbocycles. The first kappa shape index (κ1) is 30.9. The highest BCUT2D eigenvalue weighted by Crippen LogP contribution is 2.11. The zero-order chi connectivity index (χ0) is 28.3. The highest BCUT2D eigenvalue weighted by atomic mass is 32.2. The lowest BCUT2D eigenvalue weighted by molar-refractivity contribution is -0.493. The van der Waals surface area contributed by atoms with Crippen LogP contribution >= 0.6 is 0 Å². The molecule has 0 amide bonds. The van der Waals surface area contributed by atoms with Gasteiger partial charge in [0.2, 0.25) is 0 Å². The average molecular weight is 550 g/mol. The molecule has 0 radical (unpaired) electrons. The maximum atomic E-state index is 10.4. The Morgan fingerprint density at radius 3 is 1.45 bits per heavy atom. The summed E-state index contributed by atoms with van der Waals surface area (Å²) in [6, 6.07) is 22.9. The number of hydrogen-bond donors (Lipinski definition) is 0. The number of benzene rings is 3. The number of rotatable bonds is 1. The third-order valence-electron chi connectivity index (χ3n) is 5.61. The molecule has 0 atom stereocenters. The molecule has 0 saturated carbocycles. The summed E-state index contributed by atoms with van der Waals surface area (Å²) in [6.07, 6.45) is 6.78. The van der Waals surface area contributed by atoms with Gasteiger partial charge in [-0.15, -0.1) is 0 Å². The van der Waals surface area contributed by atoms with E-state index in [9.17, 15) is 30.2 Å². The Labute approximate surface area is 221 Å². The van der Waals surface area contributed by atoms with E-state index in [1.807, 2.05) is 6.92 Å². The summed E-state index contributed by atoms with van der Waals surface area (Å²) in [5, 5.41) is 0. The molecule has 0 saturated heterocycles. The van der Waals surface area contributed by atoms with Crippen molar-refractivity contribution in [1.82, 2.24) is 0 Å². The predicted molar refractivity (Wildman–Crippen MR) is 142 cm³/mol. The fourth-order valence-electron chi connectivity index (χ4n) is 3.68. The van der Waals surface area contributed by atoms with Crippen LogP contribution in [0.2, 0.25) is 0 Å². The molecule has 0 bridgehead atoms. The van der Waals surface area contributed by atoms with E-state index in [1.165, 1.54) is 47.2 Å². The number of likely N-dealkylation sites (N-methyl/N-ethyl adjacent to an activating group) is 2. The molecule has 0 fully saturated rings. The van der Waals surface area contributed by atoms with Crippen LogP contribution in [0.4, 0.5) is 17.3 Å². The largest absolute Gasteiger partial charge is 0.744 e. The molecular formula is C27H31BF4N2O3S. The lowest BCUT2D eigenvalue weighted by atomic mass is 10.0. The van der Waals surface area contributed by atoms with E-state index in [2.05, 4.69) is 84.2 Å². The van der Waals surface area contributed by atoms with Crippen LogP contribution < -0.4 is 0 Å². The molecule has 0 unspecified atom stereocenters. The van der Waals surface area contributed by atoms with Crippen molar-refractivity contribution in [3.63, 3.8) is 0 Å². The number of aryl methyl sites for hydroxylation is 1. The first-order valence-electron chi connectivity index (χ1n) is 11.9. The van der Waals surface area contributed by atoms with Gasteiger partial charge in [-0.2, -0.15) is 0 Å². The molecule has 3 aromatic rings. The first-order valence-corrected chi connectivity index (χ1v) is 13.3.